The fourth-order valence-corrected chi connectivity index (χ4v) is 3.89. The first-order chi connectivity index (χ1) is 7.24. The molecule has 2 saturated carbocycles. The minimum absolute atomic E-state index is 0.801. The normalized spacial score (nSPS) is 38.2. The third kappa shape index (κ3) is 2.38. The van der Waals surface area contributed by atoms with Crippen LogP contribution >= 0.6 is 0 Å². The molecule has 2 aliphatic rings. The maximum atomic E-state index is 3.59. The van der Waals surface area contributed by atoms with E-state index < -0.39 is 0 Å². The summed E-state index contributed by atoms with van der Waals surface area (Å²) < 4.78 is 0. The summed E-state index contributed by atoms with van der Waals surface area (Å²) in [5, 5.41) is 3.59. The van der Waals surface area contributed by atoms with Gasteiger partial charge in [0.25, 0.3) is 0 Å². The van der Waals surface area contributed by atoms with Gasteiger partial charge in [-0.3, -0.25) is 0 Å². The van der Waals surface area contributed by atoms with E-state index in [2.05, 4.69) is 26.2 Å². The summed E-state index contributed by atoms with van der Waals surface area (Å²) in [6, 6.07) is 0.801. The van der Waals surface area contributed by atoms with E-state index in [1.165, 1.54) is 32.1 Å². The van der Waals surface area contributed by atoms with Crippen LogP contribution in [0.3, 0.4) is 0 Å². The quantitative estimate of drug-likeness (QED) is 0.731. The molecule has 15 heavy (non-hydrogen) atoms. The van der Waals surface area contributed by atoms with Crippen molar-refractivity contribution in [3.63, 3.8) is 0 Å². The molecule has 5 atom stereocenters. The minimum Gasteiger partial charge on any atom is -0.317 e. The Bertz CT molecular complexity index is 202. The highest BCUT2D eigenvalue weighted by Crippen LogP contribution is 2.50. The van der Waals surface area contributed by atoms with Crippen LogP contribution in [0.25, 0.3) is 0 Å². The lowest BCUT2D eigenvalue weighted by Crippen LogP contribution is -2.37. The summed E-state index contributed by atoms with van der Waals surface area (Å²) in [6.45, 7) is 4.72. The van der Waals surface area contributed by atoms with Gasteiger partial charge in [-0.05, 0) is 56.4 Å². The molecule has 2 aliphatic carbocycles. The molecule has 0 aliphatic heterocycles. The van der Waals surface area contributed by atoms with Crippen LogP contribution in [0.15, 0.2) is 0 Å². The summed E-state index contributed by atoms with van der Waals surface area (Å²) in [5.74, 6) is 4.05. The van der Waals surface area contributed by atoms with Crippen molar-refractivity contribution < 1.29 is 0 Å². The fourth-order valence-electron chi connectivity index (χ4n) is 3.89. The monoisotopic (exact) mass is 209 g/mol. The Hall–Kier alpha value is -0.0400. The van der Waals surface area contributed by atoms with Crippen LogP contribution in [0.1, 0.15) is 52.4 Å². The molecule has 2 rings (SSSR count). The van der Waals surface area contributed by atoms with Crippen molar-refractivity contribution in [3.8, 4) is 0 Å². The summed E-state index contributed by atoms with van der Waals surface area (Å²) in [4.78, 5) is 0. The molecule has 0 heterocycles. The van der Waals surface area contributed by atoms with Crippen molar-refractivity contribution >= 4 is 0 Å². The zero-order valence-electron chi connectivity index (χ0n) is 10.6. The lowest BCUT2D eigenvalue weighted by molar-refractivity contribution is 0.227. The minimum atomic E-state index is 0.801. The molecule has 5 unspecified atom stereocenters. The largest absolute Gasteiger partial charge is 0.317 e. The maximum Gasteiger partial charge on any atom is 0.00976 e. The van der Waals surface area contributed by atoms with E-state index in [4.69, 9.17) is 0 Å². The Labute approximate surface area is 95.0 Å². The fraction of sp³-hybridized carbons (Fsp3) is 1.00. The van der Waals surface area contributed by atoms with E-state index in [9.17, 15) is 0 Å². The van der Waals surface area contributed by atoms with Crippen molar-refractivity contribution in [1.29, 1.82) is 0 Å². The van der Waals surface area contributed by atoms with Crippen LogP contribution in [-0.4, -0.2) is 13.1 Å². The number of rotatable bonds is 5. The molecule has 1 nitrogen and oxygen atoms in total. The Morgan fingerprint density at radius 3 is 2.53 bits per heavy atom. The topological polar surface area (TPSA) is 12.0 Å². The Kier molecular flexibility index (Phi) is 3.71. The van der Waals surface area contributed by atoms with E-state index in [-0.39, 0.29) is 0 Å². The molecule has 1 N–H and O–H groups in total. The summed E-state index contributed by atoms with van der Waals surface area (Å²) in [7, 11) is 2.17. The van der Waals surface area contributed by atoms with Crippen molar-refractivity contribution in [2.75, 3.05) is 7.05 Å². The van der Waals surface area contributed by atoms with Gasteiger partial charge in [0.2, 0.25) is 0 Å². The van der Waals surface area contributed by atoms with Gasteiger partial charge in [0.05, 0.1) is 0 Å². The van der Waals surface area contributed by atoms with E-state index in [1.807, 2.05) is 0 Å². The van der Waals surface area contributed by atoms with Crippen LogP contribution in [0, 0.1) is 23.7 Å². The van der Waals surface area contributed by atoms with Gasteiger partial charge in [0, 0.05) is 6.04 Å². The molecular formula is C14H27N. The molecule has 0 amide bonds. The second kappa shape index (κ2) is 4.86. The summed E-state index contributed by atoms with van der Waals surface area (Å²) in [5.41, 5.74) is 0. The van der Waals surface area contributed by atoms with Crippen LogP contribution in [-0.2, 0) is 0 Å². The molecule has 0 spiro atoms. The first-order valence-electron chi connectivity index (χ1n) is 6.91. The highest BCUT2D eigenvalue weighted by atomic mass is 14.9. The second-order valence-electron chi connectivity index (χ2n) is 5.98. The van der Waals surface area contributed by atoms with E-state index in [0.717, 1.165) is 29.7 Å². The number of hydrogen-bond donors (Lipinski definition) is 1. The second-order valence-corrected chi connectivity index (χ2v) is 5.98. The molecule has 2 fully saturated rings. The average Bonchev–Trinajstić information content (AvgIpc) is 2.86. The SMILES string of the molecule is CCC(C)CC(NC)C1CC2CCC1C2. The van der Waals surface area contributed by atoms with Crippen molar-refractivity contribution in [3.05, 3.63) is 0 Å². The van der Waals surface area contributed by atoms with E-state index in [1.54, 1.807) is 6.42 Å². The molecule has 2 bridgehead atoms. The lowest BCUT2D eigenvalue weighted by atomic mass is 9.80. The summed E-state index contributed by atoms with van der Waals surface area (Å²) >= 11 is 0. The van der Waals surface area contributed by atoms with E-state index >= 15 is 0 Å². The molecule has 0 aromatic rings. The highest BCUT2D eigenvalue weighted by Gasteiger charge is 2.42. The number of nitrogens with one attached hydrogen (secondary N) is 1. The molecule has 0 aromatic heterocycles. The number of fused-ring (bicyclic) bond motifs is 2. The van der Waals surface area contributed by atoms with Crippen LogP contribution in [0.2, 0.25) is 0 Å². The molecule has 0 saturated heterocycles. The zero-order valence-corrected chi connectivity index (χ0v) is 10.6. The Morgan fingerprint density at radius 1 is 1.27 bits per heavy atom. The standard InChI is InChI=1S/C14H27N/c1-4-10(2)7-14(15-3)13-9-11-5-6-12(13)8-11/h10-15H,4-9H2,1-3H3. The van der Waals surface area contributed by atoms with Gasteiger partial charge < -0.3 is 5.32 Å². The van der Waals surface area contributed by atoms with Gasteiger partial charge in [-0.1, -0.05) is 26.7 Å². The third-order valence-electron chi connectivity index (χ3n) is 5.03. The lowest BCUT2D eigenvalue weighted by Gasteiger charge is -2.32. The van der Waals surface area contributed by atoms with E-state index in [0.29, 0.717) is 0 Å². The maximum absolute atomic E-state index is 3.59. The molecule has 88 valence electrons. The smallest absolute Gasteiger partial charge is 0.00976 e. The molecule has 0 aromatic carbocycles. The third-order valence-corrected chi connectivity index (χ3v) is 5.03. The van der Waals surface area contributed by atoms with Crippen molar-refractivity contribution in [1.82, 2.24) is 5.32 Å². The van der Waals surface area contributed by atoms with Crippen molar-refractivity contribution in [2.24, 2.45) is 23.7 Å². The Balaban J connectivity index is 1.89. The van der Waals surface area contributed by atoms with Gasteiger partial charge >= 0.3 is 0 Å². The zero-order chi connectivity index (χ0) is 10.8. The van der Waals surface area contributed by atoms with Crippen LogP contribution in [0.5, 0.6) is 0 Å². The van der Waals surface area contributed by atoms with Crippen molar-refractivity contribution in [2.45, 2.75) is 58.4 Å². The first kappa shape index (κ1) is 11.4. The van der Waals surface area contributed by atoms with Gasteiger partial charge in [0.1, 0.15) is 0 Å². The molecular weight excluding hydrogens is 182 g/mol. The molecule has 0 radical (unpaired) electrons. The Morgan fingerprint density at radius 2 is 2.07 bits per heavy atom. The van der Waals surface area contributed by atoms with Crippen LogP contribution in [0.4, 0.5) is 0 Å². The predicted octanol–water partition coefficient (Wildman–Crippen LogP) is 3.45. The van der Waals surface area contributed by atoms with Gasteiger partial charge in [-0.2, -0.15) is 0 Å². The number of hydrogen-bond acceptors (Lipinski definition) is 1. The van der Waals surface area contributed by atoms with Gasteiger partial charge in [0.15, 0.2) is 0 Å². The summed E-state index contributed by atoms with van der Waals surface area (Å²) in [6.07, 6.45) is 8.84. The predicted molar refractivity (Wildman–Crippen MR) is 65.9 cm³/mol. The van der Waals surface area contributed by atoms with Crippen LogP contribution < -0.4 is 5.32 Å². The first-order valence-corrected chi connectivity index (χ1v) is 6.91. The molecule has 1 heteroatoms. The van der Waals surface area contributed by atoms with Gasteiger partial charge in [-0.15, -0.1) is 0 Å². The highest BCUT2D eigenvalue weighted by molar-refractivity contribution is 4.95. The van der Waals surface area contributed by atoms with Gasteiger partial charge in [-0.25, -0.2) is 0 Å². The average molecular weight is 209 g/mol.